The average molecular weight is 410 g/mol. The molecule has 5 rings (SSSR count). The molecule has 8 nitrogen and oxygen atoms in total. The molecule has 1 spiro atoms. The van der Waals surface area contributed by atoms with Gasteiger partial charge in [0.25, 0.3) is 11.8 Å². The molecule has 0 radical (unpaired) electrons. The van der Waals surface area contributed by atoms with Crippen LogP contribution in [0.4, 0.5) is 0 Å². The molecule has 3 fully saturated rings. The SMILES string of the molecule is O=C1CCC(N2C(=O)c3ccc(CNC4CCC45CCNCC5)cc3C2=O)C(=O)N1. The summed E-state index contributed by atoms with van der Waals surface area (Å²) in [5, 5.41) is 9.31. The summed E-state index contributed by atoms with van der Waals surface area (Å²) in [4.78, 5) is 50.3. The molecule has 0 bridgehead atoms. The van der Waals surface area contributed by atoms with Crippen LogP contribution in [0.25, 0.3) is 0 Å². The number of amides is 4. The predicted octanol–water partition coefficient (Wildman–Crippen LogP) is 0.710. The number of hydrogen-bond donors (Lipinski definition) is 3. The zero-order chi connectivity index (χ0) is 20.9. The van der Waals surface area contributed by atoms with Crippen LogP contribution in [-0.4, -0.2) is 53.7 Å². The van der Waals surface area contributed by atoms with Gasteiger partial charge in [-0.2, -0.15) is 0 Å². The molecule has 3 N–H and O–H groups in total. The fraction of sp³-hybridized carbons (Fsp3) is 0.545. The lowest BCUT2D eigenvalue weighted by Crippen LogP contribution is -2.57. The smallest absolute Gasteiger partial charge is 0.262 e. The van der Waals surface area contributed by atoms with Crippen LogP contribution in [-0.2, 0) is 16.1 Å². The van der Waals surface area contributed by atoms with E-state index in [1.165, 1.54) is 25.7 Å². The normalized spacial score (nSPS) is 27.8. The Hall–Kier alpha value is -2.58. The number of nitrogens with one attached hydrogen (secondary N) is 3. The average Bonchev–Trinajstić information content (AvgIpc) is 2.98. The molecule has 2 unspecified atom stereocenters. The molecule has 30 heavy (non-hydrogen) atoms. The summed E-state index contributed by atoms with van der Waals surface area (Å²) < 4.78 is 0. The quantitative estimate of drug-likeness (QED) is 0.631. The Labute approximate surface area is 174 Å². The van der Waals surface area contributed by atoms with Crippen molar-refractivity contribution >= 4 is 23.6 Å². The van der Waals surface area contributed by atoms with Crippen LogP contribution >= 0.6 is 0 Å². The number of nitrogens with zero attached hydrogens (tertiary/aromatic N) is 1. The highest BCUT2D eigenvalue weighted by Crippen LogP contribution is 2.48. The monoisotopic (exact) mass is 410 g/mol. The van der Waals surface area contributed by atoms with Crippen molar-refractivity contribution in [1.82, 2.24) is 20.9 Å². The molecule has 3 aliphatic heterocycles. The fourth-order valence-electron chi connectivity index (χ4n) is 5.41. The lowest BCUT2D eigenvalue weighted by molar-refractivity contribution is -0.136. The molecule has 8 heteroatoms. The predicted molar refractivity (Wildman–Crippen MR) is 108 cm³/mol. The number of rotatable bonds is 4. The molecule has 0 aromatic heterocycles. The van der Waals surface area contributed by atoms with E-state index in [4.69, 9.17) is 0 Å². The van der Waals surface area contributed by atoms with Gasteiger partial charge in [0.2, 0.25) is 11.8 Å². The van der Waals surface area contributed by atoms with E-state index in [2.05, 4.69) is 16.0 Å². The minimum atomic E-state index is -0.925. The summed E-state index contributed by atoms with van der Waals surface area (Å²) in [5.74, 6) is -1.87. The first kappa shape index (κ1) is 19.4. The van der Waals surface area contributed by atoms with Crippen molar-refractivity contribution < 1.29 is 19.2 Å². The maximum atomic E-state index is 12.9. The Morgan fingerprint density at radius 2 is 1.77 bits per heavy atom. The summed E-state index contributed by atoms with van der Waals surface area (Å²) in [7, 11) is 0. The summed E-state index contributed by atoms with van der Waals surface area (Å²) in [5.41, 5.74) is 2.02. The van der Waals surface area contributed by atoms with E-state index in [0.717, 1.165) is 23.6 Å². The third-order valence-electron chi connectivity index (χ3n) is 7.33. The fourth-order valence-corrected chi connectivity index (χ4v) is 5.41. The molecule has 3 heterocycles. The molecule has 2 saturated heterocycles. The van der Waals surface area contributed by atoms with E-state index in [9.17, 15) is 19.2 Å². The van der Waals surface area contributed by atoms with E-state index in [1.54, 1.807) is 12.1 Å². The van der Waals surface area contributed by atoms with Gasteiger partial charge in [-0.15, -0.1) is 0 Å². The standard InChI is InChI=1S/C22H26N4O4/c27-18-4-3-16(19(28)25-18)26-20(29)14-2-1-13(11-15(14)21(26)30)12-24-17-5-6-22(17)7-9-23-10-8-22/h1-2,11,16-17,23-24H,3-10,12H2,(H,25,27,28). The Balaban J connectivity index is 1.29. The summed E-state index contributed by atoms with van der Waals surface area (Å²) in [6, 6.07) is 4.89. The van der Waals surface area contributed by atoms with Gasteiger partial charge in [0, 0.05) is 19.0 Å². The maximum absolute atomic E-state index is 12.9. The van der Waals surface area contributed by atoms with Crippen molar-refractivity contribution in [2.75, 3.05) is 13.1 Å². The molecule has 1 aliphatic carbocycles. The molecule has 4 amide bonds. The van der Waals surface area contributed by atoms with Gasteiger partial charge in [-0.05, 0) is 68.3 Å². The molecule has 1 saturated carbocycles. The molecule has 2 atom stereocenters. The Morgan fingerprint density at radius 1 is 1.00 bits per heavy atom. The van der Waals surface area contributed by atoms with Gasteiger partial charge < -0.3 is 10.6 Å². The molecular formula is C22H26N4O4. The van der Waals surface area contributed by atoms with Crippen LogP contribution in [0.5, 0.6) is 0 Å². The van der Waals surface area contributed by atoms with Gasteiger partial charge in [0.15, 0.2) is 0 Å². The van der Waals surface area contributed by atoms with Crippen LogP contribution in [0.2, 0.25) is 0 Å². The third-order valence-corrected chi connectivity index (χ3v) is 7.33. The lowest BCUT2D eigenvalue weighted by atomic mass is 9.59. The van der Waals surface area contributed by atoms with Crippen LogP contribution < -0.4 is 16.0 Å². The minimum Gasteiger partial charge on any atom is -0.317 e. The topological polar surface area (TPSA) is 108 Å². The van der Waals surface area contributed by atoms with Gasteiger partial charge in [0.05, 0.1) is 11.1 Å². The second-order valence-corrected chi connectivity index (χ2v) is 8.91. The molecule has 4 aliphatic rings. The van der Waals surface area contributed by atoms with E-state index in [-0.39, 0.29) is 18.7 Å². The molecule has 1 aromatic carbocycles. The molecular weight excluding hydrogens is 384 g/mol. The van der Waals surface area contributed by atoms with Crippen molar-refractivity contribution in [2.24, 2.45) is 5.41 Å². The van der Waals surface area contributed by atoms with Crippen molar-refractivity contribution in [3.8, 4) is 0 Å². The van der Waals surface area contributed by atoms with Gasteiger partial charge in [0.1, 0.15) is 6.04 Å². The highest BCUT2D eigenvalue weighted by atomic mass is 16.2. The third kappa shape index (κ3) is 3.06. The summed E-state index contributed by atoms with van der Waals surface area (Å²) in [6.45, 7) is 2.79. The first-order valence-corrected chi connectivity index (χ1v) is 10.8. The van der Waals surface area contributed by atoms with Gasteiger partial charge in [-0.1, -0.05) is 6.07 Å². The first-order valence-electron chi connectivity index (χ1n) is 10.8. The first-order chi connectivity index (χ1) is 14.5. The van der Waals surface area contributed by atoms with Gasteiger partial charge in [-0.3, -0.25) is 29.4 Å². The summed E-state index contributed by atoms with van der Waals surface area (Å²) in [6.07, 6.45) is 5.13. The molecule has 1 aromatic rings. The Bertz CT molecular complexity index is 937. The lowest BCUT2D eigenvalue weighted by Gasteiger charge is -2.52. The summed E-state index contributed by atoms with van der Waals surface area (Å²) >= 11 is 0. The van der Waals surface area contributed by atoms with E-state index in [1.807, 2.05) is 6.07 Å². The van der Waals surface area contributed by atoms with Crippen molar-refractivity contribution in [3.63, 3.8) is 0 Å². The van der Waals surface area contributed by atoms with Crippen molar-refractivity contribution in [2.45, 2.75) is 57.2 Å². The number of carbonyl (C=O) groups is 4. The highest BCUT2D eigenvalue weighted by Gasteiger charge is 2.47. The van der Waals surface area contributed by atoms with E-state index < -0.39 is 23.8 Å². The van der Waals surface area contributed by atoms with Crippen LogP contribution in [0.15, 0.2) is 18.2 Å². The highest BCUT2D eigenvalue weighted by molar-refractivity contribution is 6.23. The molecule has 158 valence electrons. The number of benzene rings is 1. The Kier molecular flexibility index (Phi) is 4.71. The van der Waals surface area contributed by atoms with Gasteiger partial charge in [-0.25, -0.2) is 0 Å². The van der Waals surface area contributed by atoms with Crippen LogP contribution in [0.1, 0.15) is 64.8 Å². The number of carbonyl (C=O) groups excluding carboxylic acids is 4. The second kappa shape index (κ2) is 7.28. The van der Waals surface area contributed by atoms with E-state index in [0.29, 0.717) is 29.1 Å². The number of hydrogen-bond acceptors (Lipinski definition) is 6. The second-order valence-electron chi connectivity index (χ2n) is 8.91. The minimum absolute atomic E-state index is 0.123. The maximum Gasteiger partial charge on any atom is 0.262 e. The van der Waals surface area contributed by atoms with Crippen LogP contribution in [0, 0.1) is 5.41 Å². The van der Waals surface area contributed by atoms with Crippen molar-refractivity contribution in [3.05, 3.63) is 34.9 Å². The largest absolute Gasteiger partial charge is 0.317 e. The zero-order valence-electron chi connectivity index (χ0n) is 16.8. The number of piperidine rings is 2. The number of fused-ring (bicyclic) bond motifs is 1. The van der Waals surface area contributed by atoms with Crippen LogP contribution in [0.3, 0.4) is 0 Å². The van der Waals surface area contributed by atoms with Crippen molar-refractivity contribution in [1.29, 1.82) is 0 Å². The number of imide groups is 2. The van der Waals surface area contributed by atoms with E-state index >= 15 is 0 Å². The van der Waals surface area contributed by atoms with Gasteiger partial charge >= 0.3 is 0 Å². The zero-order valence-corrected chi connectivity index (χ0v) is 16.8. The Morgan fingerprint density at radius 3 is 2.47 bits per heavy atom.